The maximum absolute atomic E-state index is 12.8. The van der Waals surface area contributed by atoms with Gasteiger partial charge in [0.25, 0.3) is 0 Å². The highest BCUT2D eigenvalue weighted by atomic mass is 32.2. The predicted octanol–water partition coefficient (Wildman–Crippen LogP) is 3.11. The number of hydrogen-bond acceptors (Lipinski definition) is 2. The second kappa shape index (κ2) is 4.90. The molecule has 2 rings (SSSR count). The fraction of sp³-hybridized carbons (Fsp3) is 0.143. The van der Waals surface area contributed by atoms with Crippen LogP contribution in [0.1, 0.15) is 11.1 Å². The van der Waals surface area contributed by atoms with Crippen LogP contribution in [0.5, 0.6) is 0 Å². The van der Waals surface area contributed by atoms with E-state index in [1.165, 1.54) is 24.3 Å². The Kier molecular flexibility index (Phi) is 3.48. The van der Waals surface area contributed by atoms with Crippen molar-refractivity contribution in [3.8, 4) is 0 Å². The highest BCUT2D eigenvalue weighted by molar-refractivity contribution is 7.90. The normalized spacial score (nSPS) is 11.4. The monoisotopic (exact) mass is 264 g/mol. The average Bonchev–Trinajstić information content (AvgIpc) is 2.32. The molecule has 0 atom stereocenters. The van der Waals surface area contributed by atoms with Gasteiger partial charge >= 0.3 is 0 Å². The molecule has 0 aliphatic rings. The molecule has 4 heteroatoms. The van der Waals surface area contributed by atoms with E-state index >= 15 is 0 Å². The van der Waals surface area contributed by atoms with Crippen molar-refractivity contribution >= 4 is 9.84 Å². The van der Waals surface area contributed by atoms with Gasteiger partial charge < -0.3 is 0 Å². The number of benzene rings is 2. The van der Waals surface area contributed by atoms with Crippen LogP contribution in [-0.2, 0) is 15.6 Å². The fourth-order valence-corrected chi connectivity index (χ4v) is 3.41. The van der Waals surface area contributed by atoms with E-state index in [0.29, 0.717) is 10.5 Å². The maximum atomic E-state index is 12.8. The molecule has 18 heavy (non-hydrogen) atoms. The van der Waals surface area contributed by atoms with Crippen molar-refractivity contribution in [3.05, 3.63) is 65.5 Å². The number of rotatable bonds is 3. The Morgan fingerprint density at radius 2 is 1.61 bits per heavy atom. The molecule has 94 valence electrons. The van der Waals surface area contributed by atoms with Crippen LogP contribution in [-0.4, -0.2) is 8.42 Å². The summed E-state index contributed by atoms with van der Waals surface area (Å²) in [6.07, 6.45) is 0. The van der Waals surface area contributed by atoms with E-state index < -0.39 is 9.84 Å². The Bertz CT molecular complexity index is 646. The summed E-state index contributed by atoms with van der Waals surface area (Å²) in [6, 6.07) is 12.4. The van der Waals surface area contributed by atoms with E-state index in [0.717, 1.165) is 5.56 Å². The van der Waals surface area contributed by atoms with Crippen LogP contribution in [0.25, 0.3) is 0 Å². The van der Waals surface area contributed by atoms with Gasteiger partial charge in [-0.15, -0.1) is 0 Å². The summed E-state index contributed by atoms with van der Waals surface area (Å²) < 4.78 is 37.2. The van der Waals surface area contributed by atoms with Crippen LogP contribution in [0.3, 0.4) is 0 Å². The van der Waals surface area contributed by atoms with E-state index in [-0.39, 0.29) is 11.6 Å². The first-order valence-electron chi connectivity index (χ1n) is 5.52. The molecule has 0 unspecified atom stereocenters. The minimum Gasteiger partial charge on any atom is -0.223 e. The van der Waals surface area contributed by atoms with E-state index in [9.17, 15) is 12.8 Å². The Hall–Kier alpha value is -1.68. The summed E-state index contributed by atoms with van der Waals surface area (Å²) >= 11 is 0. The van der Waals surface area contributed by atoms with Gasteiger partial charge in [0.1, 0.15) is 5.82 Å². The lowest BCUT2D eigenvalue weighted by Gasteiger charge is -2.07. The molecule has 0 fully saturated rings. The quantitative estimate of drug-likeness (QED) is 0.853. The fourth-order valence-electron chi connectivity index (χ4n) is 1.78. The molecule has 0 bridgehead atoms. The SMILES string of the molecule is Cc1ccccc1S(=O)(=O)Cc1ccc(F)cc1. The molecule has 0 N–H and O–H groups in total. The summed E-state index contributed by atoms with van der Waals surface area (Å²) in [4.78, 5) is 0.328. The molecule has 2 aromatic rings. The lowest BCUT2D eigenvalue weighted by molar-refractivity contribution is 0.594. The smallest absolute Gasteiger partial charge is 0.182 e. The molecule has 0 heterocycles. The largest absolute Gasteiger partial charge is 0.223 e. The van der Waals surface area contributed by atoms with Crippen LogP contribution < -0.4 is 0 Å². The maximum Gasteiger partial charge on any atom is 0.182 e. The van der Waals surface area contributed by atoms with Gasteiger partial charge in [-0.2, -0.15) is 0 Å². The third-order valence-electron chi connectivity index (χ3n) is 2.70. The van der Waals surface area contributed by atoms with Crippen LogP contribution in [0.4, 0.5) is 4.39 Å². The van der Waals surface area contributed by atoms with E-state index in [4.69, 9.17) is 0 Å². The molecule has 0 aromatic heterocycles. The highest BCUT2D eigenvalue weighted by Crippen LogP contribution is 2.19. The topological polar surface area (TPSA) is 34.1 Å². The molecule has 0 saturated carbocycles. The van der Waals surface area contributed by atoms with Crippen LogP contribution in [0.2, 0.25) is 0 Å². The predicted molar refractivity (Wildman–Crippen MR) is 68.5 cm³/mol. The molecular formula is C14H13FO2S. The van der Waals surface area contributed by atoms with Crippen molar-refractivity contribution < 1.29 is 12.8 Å². The third-order valence-corrected chi connectivity index (χ3v) is 4.54. The van der Waals surface area contributed by atoms with Crippen molar-refractivity contribution in [2.45, 2.75) is 17.6 Å². The number of halogens is 1. The average molecular weight is 264 g/mol. The molecule has 2 nitrogen and oxygen atoms in total. The van der Waals surface area contributed by atoms with Gasteiger partial charge in [0.05, 0.1) is 10.6 Å². The summed E-state index contributed by atoms with van der Waals surface area (Å²) in [5, 5.41) is 0. The molecular weight excluding hydrogens is 251 g/mol. The summed E-state index contributed by atoms with van der Waals surface area (Å²) in [5.41, 5.74) is 1.30. The van der Waals surface area contributed by atoms with Gasteiger partial charge in [-0.3, -0.25) is 0 Å². The standard InChI is InChI=1S/C14H13FO2S/c1-11-4-2-3-5-14(11)18(16,17)10-12-6-8-13(15)9-7-12/h2-9H,10H2,1H3. The van der Waals surface area contributed by atoms with Gasteiger partial charge in [-0.05, 0) is 36.2 Å². The molecule has 0 aliphatic carbocycles. The second-order valence-electron chi connectivity index (χ2n) is 4.15. The van der Waals surface area contributed by atoms with Gasteiger partial charge in [-0.25, -0.2) is 12.8 Å². The number of aryl methyl sites for hydroxylation is 1. The summed E-state index contributed by atoms with van der Waals surface area (Å²) in [7, 11) is -3.38. The Labute approximate surface area is 106 Å². The molecule has 0 radical (unpaired) electrons. The Morgan fingerprint density at radius 3 is 2.22 bits per heavy atom. The van der Waals surface area contributed by atoms with Crippen LogP contribution in [0.15, 0.2) is 53.4 Å². The van der Waals surface area contributed by atoms with Crippen molar-refractivity contribution in [2.24, 2.45) is 0 Å². The zero-order valence-corrected chi connectivity index (χ0v) is 10.7. The Morgan fingerprint density at radius 1 is 1.00 bits per heavy atom. The number of hydrogen-bond donors (Lipinski definition) is 0. The zero-order valence-electron chi connectivity index (χ0n) is 9.93. The van der Waals surface area contributed by atoms with E-state index in [1.807, 2.05) is 0 Å². The summed E-state index contributed by atoms with van der Waals surface area (Å²) in [5.74, 6) is -0.481. The van der Waals surface area contributed by atoms with Gasteiger partial charge in [0.15, 0.2) is 9.84 Å². The van der Waals surface area contributed by atoms with E-state index in [2.05, 4.69) is 0 Å². The third kappa shape index (κ3) is 2.76. The molecule has 0 saturated heterocycles. The van der Waals surface area contributed by atoms with Crippen LogP contribution >= 0.6 is 0 Å². The Balaban J connectivity index is 2.33. The first-order valence-corrected chi connectivity index (χ1v) is 7.17. The highest BCUT2D eigenvalue weighted by Gasteiger charge is 2.17. The van der Waals surface area contributed by atoms with Crippen LogP contribution in [0, 0.1) is 12.7 Å². The van der Waals surface area contributed by atoms with Crippen molar-refractivity contribution in [3.63, 3.8) is 0 Å². The van der Waals surface area contributed by atoms with Gasteiger partial charge in [0, 0.05) is 0 Å². The van der Waals surface area contributed by atoms with Crippen molar-refractivity contribution in [1.82, 2.24) is 0 Å². The number of sulfone groups is 1. The minimum atomic E-state index is -3.38. The van der Waals surface area contributed by atoms with E-state index in [1.54, 1.807) is 31.2 Å². The zero-order chi connectivity index (χ0) is 13.2. The molecule has 0 spiro atoms. The molecule has 0 aliphatic heterocycles. The van der Waals surface area contributed by atoms with Gasteiger partial charge in [-0.1, -0.05) is 30.3 Å². The molecule has 2 aromatic carbocycles. The minimum absolute atomic E-state index is 0.113. The lowest BCUT2D eigenvalue weighted by Crippen LogP contribution is -2.06. The van der Waals surface area contributed by atoms with Gasteiger partial charge in [0.2, 0.25) is 0 Å². The van der Waals surface area contributed by atoms with Crippen molar-refractivity contribution in [2.75, 3.05) is 0 Å². The van der Waals surface area contributed by atoms with Crippen molar-refractivity contribution in [1.29, 1.82) is 0 Å². The first kappa shape index (κ1) is 12.8. The first-order chi connectivity index (χ1) is 8.49. The second-order valence-corrected chi connectivity index (χ2v) is 6.11. The summed E-state index contributed by atoms with van der Waals surface area (Å²) in [6.45, 7) is 1.76. The lowest BCUT2D eigenvalue weighted by atomic mass is 10.2. The molecule has 0 amide bonds.